The minimum Gasteiger partial charge on any atom is -0.496 e. The molecule has 2 rings (SSSR count). The number of benzene rings is 1. The standard InChI is InChI=1S/C17H25N5O2S/c1-11(25-16-21-20-15(22(16)18)17(2,3)4)14(23)19-10-12-8-6-7-9-13(12)24-5/h6-9,11H,10,18H2,1-5H3,(H,19,23). The van der Waals surface area contributed by atoms with Crippen molar-refractivity contribution in [1.29, 1.82) is 0 Å². The third kappa shape index (κ3) is 4.66. The van der Waals surface area contributed by atoms with Crippen molar-refractivity contribution in [3.63, 3.8) is 0 Å². The van der Waals surface area contributed by atoms with E-state index in [0.29, 0.717) is 17.5 Å². The summed E-state index contributed by atoms with van der Waals surface area (Å²) >= 11 is 1.28. The van der Waals surface area contributed by atoms with Crippen LogP contribution in [0.25, 0.3) is 0 Å². The minimum absolute atomic E-state index is 0.101. The molecule has 136 valence electrons. The summed E-state index contributed by atoms with van der Waals surface area (Å²) in [5, 5.41) is 11.3. The highest BCUT2D eigenvalue weighted by atomic mass is 32.2. The van der Waals surface area contributed by atoms with E-state index >= 15 is 0 Å². The molecular formula is C17H25N5O2S. The monoisotopic (exact) mass is 363 g/mol. The van der Waals surface area contributed by atoms with E-state index in [9.17, 15) is 4.79 Å². The molecule has 0 radical (unpaired) electrons. The summed E-state index contributed by atoms with van der Waals surface area (Å²) < 4.78 is 6.74. The second-order valence-corrected chi connectivity index (χ2v) is 8.02. The summed E-state index contributed by atoms with van der Waals surface area (Å²) in [4.78, 5) is 12.4. The Balaban J connectivity index is 1.98. The van der Waals surface area contributed by atoms with E-state index in [0.717, 1.165) is 11.3 Å². The smallest absolute Gasteiger partial charge is 0.233 e. The highest BCUT2D eigenvalue weighted by Gasteiger charge is 2.25. The van der Waals surface area contributed by atoms with Gasteiger partial charge in [0.25, 0.3) is 0 Å². The lowest BCUT2D eigenvalue weighted by Gasteiger charge is -2.17. The minimum atomic E-state index is -0.353. The summed E-state index contributed by atoms with van der Waals surface area (Å²) in [6.45, 7) is 8.25. The van der Waals surface area contributed by atoms with Gasteiger partial charge in [-0.25, -0.2) is 4.68 Å². The lowest BCUT2D eigenvalue weighted by atomic mass is 9.96. The van der Waals surface area contributed by atoms with Gasteiger partial charge in [-0.1, -0.05) is 50.7 Å². The fraction of sp³-hybridized carbons (Fsp3) is 0.471. The number of carbonyl (C=O) groups is 1. The molecule has 25 heavy (non-hydrogen) atoms. The van der Waals surface area contributed by atoms with Crippen molar-refractivity contribution in [1.82, 2.24) is 20.2 Å². The number of hydrogen-bond donors (Lipinski definition) is 2. The van der Waals surface area contributed by atoms with Gasteiger partial charge >= 0.3 is 0 Å². The van der Waals surface area contributed by atoms with E-state index in [-0.39, 0.29) is 16.6 Å². The van der Waals surface area contributed by atoms with E-state index in [4.69, 9.17) is 10.6 Å². The largest absolute Gasteiger partial charge is 0.496 e. The number of thioether (sulfide) groups is 1. The van der Waals surface area contributed by atoms with Gasteiger partial charge in [-0.3, -0.25) is 4.79 Å². The molecule has 0 aliphatic heterocycles. The Morgan fingerprint density at radius 2 is 2.04 bits per heavy atom. The molecule has 0 spiro atoms. The van der Waals surface area contributed by atoms with Gasteiger partial charge in [0.15, 0.2) is 5.82 Å². The van der Waals surface area contributed by atoms with Gasteiger partial charge in [0.05, 0.1) is 12.4 Å². The first-order chi connectivity index (χ1) is 11.7. The Labute approximate surface area is 152 Å². The molecule has 1 atom stereocenters. The maximum Gasteiger partial charge on any atom is 0.233 e. The molecule has 0 saturated carbocycles. The van der Waals surface area contributed by atoms with Gasteiger partial charge in [0.1, 0.15) is 5.75 Å². The topological polar surface area (TPSA) is 95.1 Å². The molecule has 1 amide bonds. The second kappa shape index (κ2) is 7.77. The molecule has 1 aromatic heterocycles. The van der Waals surface area contributed by atoms with Gasteiger partial charge in [-0.05, 0) is 13.0 Å². The Hall–Kier alpha value is -2.22. The van der Waals surface area contributed by atoms with Crippen molar-refractivity contribution in [3.8, 4) is 5.75 Å². The Morgan fingerprint density at radius 1 is 1.36 bits per heavy atom. The number of hydrogen-bond acceptors (Lipinski definition) is 6. The highest BCUT2D eigenvalue weighted by Crippen LogP contribution is 2.26. The first-order valence-corrected chi connectivity index (χ1v) is 8.89. The van der Waals surface area contributed by atoms with Crippen molar-refractivity contribution < 1.29 is 9.53 Å². The number of nitrogens with one attached hydrogen (secondary N) is 1. The summed E-state index contributed by atoms with van der Waals surface area (Å²) in [6, 6.07) is 7.59. The quantitative estimate of drug-likeness (QED) is 0.603. The number of nitrogen functional groups attached to an aromatic ring is 1. The molecule has 3 N–H and O–H groups in total. The molecule has 0 saturated heterocycles. The molecule has 1 heterocycles. The van der Waals surface area contributed by atoms with Crippen LogP contribution >= 0.6 is 11.8 Å². The predicted molar refractivity (Wildman–Crippen MR) is 99.0 cm³/mol. The number of carbonyl (C=O) groups excluding carboxylic acids is 1. The first kappa shape index (κ1) is 19.1. The molecule has 0 aliphatic carbocycles. The SMILES string of the molecule is COc1ccccc1CNC(=O)C(C)Sc1nnc(C(C)(C)C)n1N. The van der Waals surface area contributed by atoms with Crippen molar-refractivity contribution in [3.05, 3.63) is 35.7 Å². The number of ether oxygens (including phenoxy) is 1. The average molecular weight is 363 g/mol. The zero-order valence-corrected chi connectivity index (χ0v) is 16.1. The van der Waals surface area contributed by atoms with Crippen LogP contribution in [0.4, 0.5) is 0 Å². The fourth-order valence-electron chi connectivity index (χ4n) is 2.26. The number of aromatic nitrogens is 3. The normalized spacial score (nSPS) is 12.7. The van der Waals surface area contributed by atoms with Crippen LogP contribution in [-0.4, -0.2) is 33.1 Å². The zero-order valence-electron chi connectivity index (χ0n) is 15.2. The molecule has 0 bridgehead atoms. The van der Waals surface area contributed by atoms with Crippen LogP contribution in [0.5, 0.6) is 5.75 Å². The second-order valence-electron chi connectivity index (χ2n) is 6.72. The summed E-state index contributed by atoms with van der Waals surface area (Å²) in [5.74, 6) is 7.39. The summed E-state index contributed by atoms with van der Waals surface area (Å²) in [5.41, 5.74) is 0.711. The van der Waals surface area contributed by atoms with E-state index in [1.165, 1.54) is 16.4 Å². The lowest BCUT2D eigenvalue weighted by molar-refractivity contribution is -0.120. The molecule has 0 fully saturated rings. The fourth-order valence-corrected chi connectivity index (χ4v) is 3.05. The van der Waals surface area contributed by atoms with E-state index in [2.05, 4.69) is 15.5 Å². The van der Waals surface area contributed by atoms with Crippen LogP contribution in [0, 0.1) is 0 Å². The highest BCUT2D eigenvalue weighted by molar-refractivity contribution is 8.00. The van der Waals surface area contributed by atoms with Crippen LogP contribution < -0.4 is 15.9 Å². The zero-order chi connectivity index (χ0) is 18.6. The van der Waals surface area contributed by atoms with Gasteiger partial charge in [0.2, 0.25) is 11.1 Å². The maximum atomic E-state index is 12.4. The number of nitrogens with two attached hydrogens (primary N) is 1. The van der Waals surface area contributed by atoms with E-state index in [1.54, 1.807) is 7.11 Å². The van der Waals surface area contributed by atoms with Gasteiger partial charge < -0.3 is 15.9 Å². The van der Waals surface area contributed by atoms with Gasteiger partial charge in [-0.2, -0.15) is 0 Å². The number of amides is 1. The summed E-state index contributed by atoms with van der Waals surface area (Å²) in [7, 11) is 1.61. The van der Waals surface area contributed by atoms with Crippen molar-refractivity contribution in [2.24, 2.45) is 0 Å². The van der Waals surface area contributed by atoms with Gasteiger partial charge in [-0.15, -0.1) is 10.2 Å². The Bertz CT molecular complexity index is 739. The molecular weight excluding hydrogens is 338 g/mol. The molecule has 7 nitrogen and oxygen atoms in total. The number of nitrogens with zero attached hydrogens (tertiary/aromatic N) is 3. The van der Waals surface area contributed by atoms with Crippen LogP contribution in [0.2, 0.25) is 0 Å². The molecule has 2 aromatic rings. The molecule has 1 unspecified atom stereocenters. The van der Waals surface area contributed by atoms with Crippen molar-refractivity contribution in [2.45, 2.75) is 50.1 Å². The summed E-state index contributed by atoms with van der Waals surface area (Å²) in [6.07, 6.45) is 0. The van der Waals surface area contributed by atoms with Crippen molar-refractivity contribution in [2.75, 3.05) is 13.0 Å². The molecule has 1 aromatic carbocycles. The van der Waals surface area contributed by atoms with Crippen LogP contribution in [0.1, 0.15) is 39.1 Å². The average Bonchev–Trinajstić information content (AvgIpc) is 2.93. The molecule has 0 aliphatic rings. The third-order valence-corrected chi connectivity index (χ3v) is 4.69. The number of methoxy groups -OCH3 is 1. The van der Waals surface area contributed by atoms with Gasteiger partial charge in [0, 0.05) is 17.5 Å². The van der Waals surface area contributed by atoms with Crippen molar-refractivity contribution >= 4 is 17.7 Å². The van der Waals surface area contributed by atoms with E-state index in [1.807, 2.05) is 52.0 Å². The molecule has 8 heteroatoms. The van der Waals surface area contributed by atoms with E-state index < -0.39 is 0 Å². The number of para-hydroxylation sites is 1. The van der Waals surface area contributed by atoms with Crippen LogP contribution in [-0.2, 0) is 16.8 Å². The van der Waals surface area contributed by atoms with Crippen LogP contribution in [0.15, 0.2) is 29.4 Å². The first-order valence-electron chi connectivity index (χ1n) is 8.01. The number of rotatable bonds is 6. The maximum absolute atomic E-state index is 12.4. The van der Waals surface area contributed by atoms with Crippen LogP contribution in [0.3, 0.4) is 0 Å². The lowest BCUT2D eigenvalue weighted by Crippen LogP contribution is -2.31. The third-order valence-electron chi connectivity index (χ3n) is 3.63. The Kier molecular flexibility index (Phi) is 5.94. The predicted octanol–water partition coefficient (Wildman–Crippen LogP) is 2.09. The Morgan fingerprint density at radius 3 is 2.64 bits per heavy atom.